The third-order valence-electron chi connectivity index (χ3n) is 5.59. The maximum absolute atomic E-state index is 12.2. The predicted molar refractivity (Wildman–Crippen MR) is 79.7 cm³/mol. The second kappa shape index (κ2) is 4.81. The summed E-state index contributed by atoms with van der Waals surface area (Å²) in [6.07, 6.45) is 6.54. The molecule has 0 radical (unpaired) electrons. The van der Waals surface area contributed by atoms with Crippen molar-refractivity contribution in [2.75, 3.05) is 6.54 Å². The van der Waals surface area contributed by atoms with E-state index in [1.165, 1.54) is 12.8 Å². The number of likely N-dealkylation sites (tertiary alicyclic amines) is 1. The first-order chi connectivity index (χ1) is 9.30. The molecule has 0 N–H and O–H groups in total. The van der Waals surface area contributed by atoms with Crippen LogP contribution in [0, 0.1) is 5.92 Å². The normalized spacial score (nSPS) is 40.6. The van der Waals surface area contributed by atoms with E-state index in [0.29, 0.717) is 23.8 Å². The fraction of sp³-hybridized carbons (Fsp3) is 0.941. The molecule has 3 atom stereocenters. The molecule has 1 saturated carbocycles. The maximum atomic E-state index is 12.2. The Kier molecular flexibility index (Phi) is 3.49. The number of nitrogens with zero attached hydrogens (tertiary/aromatic N) is 1. The first kappa shape index (κ1) is 14.5. The monoisotopic (exact) mass is 279 g/mol. The quantitative estimate of drug-likeness (QED) is 0.777. The van der Waals surface area contributed by atoms with Gasteiger partial charge >= 0.3 is 0 Å². The Balaban J connectivity index is 1.80. The molecule has 0 spiro atoms. The zero-order valence-corrected chi connectivity index (χ0v) is 13.4. The van der Waals surface area contributed by atoms with E-state index in [-0.39, 0.29) is 11.2 Å². The molecule has 3 rings (SSSR count). The van der Waals surface area contributed by atoms with Crippen LogP contribution in [0.15, 0.2) is 0 Å². The molecule has 3 fully saturated rings. The highest BCUT2D eigenvalue weighted by Gasteiger charge is 2.52. The Morgan fingerprint density at radius 2 is 1.90 bits per heavy atom. The van der Waals surface area contributed by atoms with Crippen LogP contribution in [0.4, 0.5) is 0 Å². The molecule has 3 heteroatoms. The second-order valence-electron chi connectivity index (χ2n) is 8.10. The summed E-state index contributed by atoms with van der Waals surface area (Å²) in [6.45, 7) is 9.97. The molecule has 20 heavy (non-hydrogen) atoms. The Morgan fingerprint density at radius 1 is 1.15 bits per heavy atom. The minimum absolute atomic E-state index is 0.0407. The number of Topliss-reactive ketones (excluding diaryl/α,β-unsaturated/α-hetero) is 1. The third-order valence-corrected chi connectivity index (χ3v) is 5.59. The van der Waals surface area contributed by atoms with Crippen LogP contribution in [0.5, 0.6) is 0 Å². The number of hydrogen-bond donors (Lipinski definition) is 0. The topological polar surface area (TPSA) is 29.5 Å². The predicted octanol–water partition coefficient (Wildman–Crippen LogP) is 3.17. The summed E-state index contributed by atoms with van der Waals surface area (Å²) in [5, 5.41) is 0. The maximum Gasteiger partial charge on any atom is 0.137 e. The van der Waals surface area contributed by atoms with E-state index >= 15 is 0 Å². The van der Waals surface area contributed by atoms with Crippen molar-refractivity contribution in [3.05, 3.63) is 0 Å². The van der Waals surface area contributed by atoms with Gasteiger partial charge in [-0.1, -0.05) is 0 Å². The highest BCUT2D eigenvalue weighted by Crippen LogP contribution is 2.44. The summed E-state index contributed by atoms with van der Waals surface area (Å²) in [5.74, 6) is 0.815. The molecule has 1 aliphatic carbocycles. The van der Waals surface area contributed by atoms with Crippen molar-refractivity contribution in [1.29, 1.82) is 0 Å². The van der Waals surface area contributed by atoms with E-state index in [9.17, 15) is 4.79 Å². The van der Waals surface area contributed by atoms with Crippen molar-refractivity contribution in [1.82, 2.24) is 4.90 Å². The van der Waals surface area contributed by atoms with Crippen LogP contribution in [-0.4, -0.2) is 40.5 Å². The summed E-state index contributed by atoms with van der Waals surface area (Å²) in [6, 6.07) is 0.935. The number of carbonyl (C=O) groups excluding carboxylic acids is 1. The van der Waals surface area contributed by atoms with Crippen molar-refractivity contribution < 1.29 is 9.53 Å². The standard InChI is InChI=1S/C17H29NO2/c1-16(2)11-15(17(3,4)20-16)18-10-6-8-13(18)12-7-5-9-14(12)19/h12-13,15H,5-11H2,1-4H3. The first-order valence-corrected chi connectivity index (χ1v) is 8.29. The molecule has 0 bridgehead atoms. The van der Waals surface area contributed by atoms with E-state index in [1.807, 2.05) is 0 Å². The molecular weight excluding hydrogens is 250 g/mol. The molecule has 2 saturated heterocycles. The van der Waals surface area contributed by atoms with Crippen molar-refractivity contribution in [2.45, 2.75) is 89.5 Å². The number of ketones is 1. The fourth-order valence-electron chi connectivity index (χ4n) is 4.93. The zero-order valence-electron chi connectivity index (χ0n) is 13.4. The van der Waals surface area contributed by atoms with E-state index in [2.05, 4.69) is 32.6 Å². The van der Waals surface area contributed by atoms with Gasteiger partial charge in [-0.15, -0.1) is 0 Å². The molecule has 3 unspecified atom stereocenters. The number of rotatable bonds is 2. The smallest absolute Gasteiger partial charge is 0.137 e. The van der Waals surface area contributed by atoms with Crippen LogP contribution in [0.1, 0.15) is 66.2 Å². The molecule has 0 aromatic rings. The molecule has 3 aliphatic rings. The van der Waals surface area contributed by atoms with E-state index in [4.69, 9.17) is 4.74 Å². The van der Waals surface area contributed by atoms with Crippen LogP contribution < -0.4 is 0 Å². The summed E-state index contributed by atoms with van der Waals surface area (Å²) in [5.41, 5.74) is -0.144. The Hall–Kier alpha value is -0.410. The Bertz CT molecular complexity index is 402. The van der Waals surface area contributed by atoms with Gasteiger partial charge in [-0.05, 0) is 66.3 Å². The molecule has 0 amide bonds. The van der Waals surface area contributed by atoms with Gasteiger partial charge in [-0.3, -0.25) is 9.69 Å². The van der Waals surface area contributed by atoms with Crippen molar-refractivity contribution in [3.8, 4) is 0 Å². The first-order valence-electron chi connectivity index (χ1n) is 8.29. The van der Waals surface area contributed by atoms with Crippen molar-refractivity contribution in [2.24, 2.45) is 5.92 Å². The summed E-state index contributed by atoms with van der Waals surface area (Å²) in [4.78, 5) is 14.8. The van der Waals surface area contributed by atoms with Crippen LogP contribution >= 0.6 is 0 Å². The lowest BCUT2D eigenvalue weighted by Gasteiger charge is -2.39. The van der Waals surface area contributed by atoms with Crippen molar-refractivity contribution in [3.63, 3.8) is 0 Å². The molecule has 3 nitrogen and oxygen atoms in total. The average molecular weight is 279 g/mol. The second-order valence-corrected chi connectivity index (χ2v) is 8.10. The Morgan fingerprint density at radius 3 is 2.45 bits per heavy atom. The van der Waals surface area contributed by atoms with Gasteiger partial charge in [0.1, 0.15) is 5.78 Å². The summed E-state index contributed by atoms with van der Waals surface area (Å²) < 4.78 is 6.27. The highest BCUT2D eigenvalue weighted by molar-refractivity contribution is 5.83. The highest BCUT2D eigenvalue weighted by atomic mass is 16.5. The van der Waals surface area contributed by atoms with Crippen LogP contribution in [-0.2, 0) is 9.53 Å². The van der Waals surface area contributed by atoms with Crippen LogP contribution in [0.3, 0.4) is 0 Å². The SMILES string of the molecule is CC1(C)CC(N2CCCC2C2CCCC2=O)C(C)(C)O1. The molecular formula is C17H29NO2. The molecule has 0 aromatic carbocycles. The fourth-order valence-corrected chi connectivity index (χ4v) is 4.93. The lowest BCUT2D eigenvalue weighted by Crippen LogP contribution is -2.51. The Labute approximate surface area is 123 Å². The zero-order chi connectivity index (χ0) is 14.5. The van der Waals surface area contributed by atoms with Gasteiger partial charge < -0.3 is 4.74 Å². The van der Waals surface area contributed by atoms with E-state index in [1.54, 1.807) is 0 Å². The summed E-state index contributed by atoms with van der Waals surface area (Å²) in [7, 11) is 0. The van der Waals surface area contributed by atoms with Gasteiger partial charge in [0.25, 0.3) is 0 Å². The lowest BCUT2D eigenvalue weighted by molar-refractivity contribution is -0.123. The third kappa shape index (κ3) is 2.43. The molecule has 2 heterocycles. The van der Waals surface area contributed by atoms with E-state index < -0.39 is 0 Å². The van der Waals surface area contributed by atoms with Gasteiger partial charge in [-0.25, -0.2) is 0 Å². The van der Waals surface area contributed by atoms with Gasteiger partial charge in [0.15, 0.2) is 0 Å². The van der Waals surface area contributed by atoms with Crippen molar-refractivity contribution >= 4 is 5.78 Å². The van der Waals surface area contributed by atoms with Gasteiger partial charge in [0.05, 0.1) is 11.2 Å². The minimum Gasteiger partial charge on any atom is -0.368 e. The molecule has 114 valence electrons. The molecule has 2 aliphatic heterocycles. The number of carbonyl (C=O) groups is 1. The minimum atomic E-state index is -0.103. The number of hydrogen-bond acceptors (Lipinski definition) is 3. The van der Waals surface area contributed by atoms with Gasteiger partial charge in [0.2, 0.25) is 0 Å². The van der Waals surface area contributed by atoms with Crippen LogP contribution in [0.25, 0.3) is 0 Å². The van der Waals surface area contributed by atoms with Gasteiger partial charge in [0, 0.05) is 24.4 Å². The summed E-state index contributed by atoms with van der Waals surface area (Å²) >= 11 is 0. The van der Waals surface area contributed by atoms with E-state index in [0.717, 1.165) is 32.2 Å². The van der Waals surface area contributed by atoms with Gasteiger partial charge in [-0.2, -0.15) is 0 Å². The lowest BCUT2D eigenvalue weighted by atomic mass is 9.89. The number of ether oxygens (including phenoxy) is 1. The average Bonchev–Trinajstić information content (AvgIpc) is 2.95. The largest absolute Gasteiger partial charge is 0.368 e. The molecule has 0 aromatic heterocycles. The van der Waals surface area contributed by atoms with Crippen LogP contribution in [0.2, 0.25) is 0 Å².